The monoisotopic (exact) mass is 631 g/mol. The maximum absolute atomic E-state index is 13.2. The first-order valence-corrected chi connectivity index (χ1v) is 16.5. The molecule has 0 spiro atoms. The lowest BCUT2D eigenvalue weighted by atomic mass is 9.80. The lowest BCUT2D eigenvalue weighted by molar-refractivity contribution is -0.143. The number of ether oxygens (including phenoxy) is 3. The van der Waals surface area contributed by atoms with Gasteiger partial charge in [0.25, 0.3) is 5.91 Å². The van der Waals surface area contributed by atoms with Crippen molar-refractivity contribution in [1.29, 1.82) is 0 Å². The molecule has 2 heterocycles. The highest BCUT2D eigenvalue weighted by Gasteiger charge is 2.37. The SMILES string of the molecule is O=C(Nc1ccccc1O)C1=C[C@H](c2ccsc2)C[C@H](OCCCCOC(c2ccccc2)(c2ccccc2)c2ccccc2)O1. The van der Waals surface area contributed by atoms with Gasteiger partial charge >= 0.3 is 0 Å². The highest BCUT2D eigenvalue weighted by Crippen LogP contribution is 2.40. The zero-order valence-electron chi connectivity index (χ0n) is 25.5. The Bertz CT molecular complexity index is 1610. The molecular weight excluding hydrogens is 594 g/mol. The van der Waals surface area contributed by atoms with Gasteiger partial charge in [-0.2, -0.15) is 11.3 Å². The minimum atomic E-state index is -0.759. The Balaban J connectivity index is 1.10. The summed E-state index contributed by atoms with van der Waals surface area (Å²) in [6, 6.07) is 39.7. The summed E-state index contributed by atoms with van der Waals surface area (Å²) >= 11 is 1.61. The van der Waals surface area contributed by atoms with Crippen molar-refractivity contribution < 1.29 is 24.1 Å². The van der Waals surface area contributed by atoms with Gasteiger partial charge in [-0.1, -0.05) is 103 Å². The zero-order valence-corrected chi connectivity index (χ0v) is 26.3. The van der Waals surface area contributed by atoms with E-state index in [1.54, 1.807) is 29.5 Å². The summed E-state index contributed by atoms with van der Waals surface area (Å²) in [5.41, 5.74) is 3.89. The van der Waals surface area contributed by atoms with Crippen LogP contribution in [0.15, 0.2) is 144 Å². The number of nitrogens with one attached hydrogen (secondary N) is 1. The number of phenols is 1. The summed E-state index contributed by atoms with van der Waals surface area (Å²) in [7, 11) is 0. The van der Waals surface area contributed by atoms with Crippen LogP contribution in [0.4, 0.5) is 5.69 Å². The van der Waals surface area contributed by atoms with Gasteiger partial charge in [0.2, 0.25) is 6.29 Å². The third-order valence-corrected chi connectivity index (χ3v) is 8.81. The van der Waals surface area contributed by atoms with E-state index in [4.69, 9.17) is 14.2 Å². The molecule has 0 saturated heterocycles. The number of aromatic hydroxyl groups is 1. The number of allylic oxidation sites excluding steroid dienone is 1. The molecule has 2 atom stereocenters. The number of carbonyl (C=O) groups excluding carboxylic acids is 1. The summed E-state index contributed by atoms with van der Waals surface area (Å²) in [4.78, 5) is 13.2. The minimum Gasteiger partial charge on any atom is -0.506 e. The maximum atomic E-state index is 13.2. The fourth-order valence-corrected chi connectivity index (χ4v) is 6.54. The summed E-state index contributed by atoms with van der Waals surface area (Å²) in [6.07, 6.45) is 3.37. The molecular formula is C39H37NO5S. The highest BCUT2D eigenvalue weighted by molar-refractivity contribution is 7.08. The van der Waals surface area contributed by atoms with Crippen molar-refractivity contribution in [2.45, 2.75) is 37.1 Å². The van der Waals surface area contributed by atoms with E-state index in [0.717, 1.165) is 35.1 Å². The summed E-state index contributed by atoms with van der Waals surface area (Å²) in [5.74, 6) is -0.283. The van der Waals surface area contributed by atoms with Crippen molar-refractivity contribution in [1.82, 2.24) is 0 Å². The molecule has 2 N–H and O–H groups in total. The Hall–Kier alpha value is -4.69. The third kappa shape index (κ3) is 7.23. The van der Waals surface area contributed by atoms with Crippen LogP contribution < -0.4 is 5.32 Å². The second-order valence-corrected chi connectivity index (χ2v) is 11.9. The molecule has 1 amide bonds. The largest absolute Gasteiger partial charge is 0.506 e. The van der Waals surface area contributed by atoms with Crippen molar-refractivity contribution in [2.24, 2.45) is 0 Å². The molecule has 0 unspecified atom stereocenters. The quantitative estimate of drug-likeness (QED) is 0.0773. The molecule has 0 bridgehead atoms. The minimum absolute atomic E-state index is 0.00697. The van der Waals surface area contributed by atoms with Gasteiger partial charge in [0.1, 0.15) is 11.4 Å². The molecule has 7 heteroatoms. The standard InChI is InChI=1S/C39H37NO5S/c41-35-21-11-10-20-34(35)40-38(42)36-26-30(29-22-25-46-28-29)27-37(45-36)43-23-12-13-24-44-39(31-14-4-1-5-15-31,32-16-6-2-7-17-32)33-18-8-3-9-19-33/h1-11,14-22,25-26,28,30,37,41H,12-13,23-24,27H2,(H,40,42)/t30-,37+/m0/s1. The number of phenolic OH excluding ortho intramolecular Hbond substituents is 1. The van der Waals surface area contributed by atoms with Crippen molar-refractivity contribution in [2.75, 3.05) is 18.5 Å². The number of amides is 1. The van der Waals surface area contributed by atoms with E-state index in [1.165, 1.54) is 6.07 Å². The lowest BCUT2D eigenvalue weighted by Crippen LogP contribution is -2.33. The van der Waals surface area contributed by atoms with Crippen molar-refractivity contribution in [3.8, 4) is 5.75 Å². The fourth-order valence-electron chi connectivity index (χ4n) is 5.81. The Kier molecular flexibility index (Phi) is 10.2. The molecule has 0 aliphatic carbocycles. The van der Waals surface area contributed by atoms with Crippen LogP contribution in [0.25, 0.3) is 0 Å². The number of hydrogen-bond acceptors (Lipinski definition) is 6. The molecule has 46 heavy (non-hydrogen) atoms. The first kappa shape index (κ1) is 31.3. The van der Waals surface area contributed by atoms with Crippen LogP contribution in [0.3, 0.4) is 0 Å². The Morgan fingerprint density at radius 1 is 0.804 bits per heavy atom. The number of para-hydroxylation sites is 2. The molecule has 4 aromatic carbocycles. The van der Waals surface area contributed by atoms with Crippen molar-refractivity contribution in [3.63, 3.8) is 0 Å². The number of rotatable bonds is 13. The zero-order chi connectivity index (χ0) is 31.6. The maximum Gasteiger partial charge on any atom is 0.290 e. The number of thiophene rings is 1. The van der Waals surface area contributed by atoms with Gasteiger partial charge in [-0.05, 0) is 70.1 Å². The lowest BCUT2D eigenvalue weighted by Gasteiger charge is -2.36. The van der Waals surface area contributed by atoms with E-state index in [2.05, 4.69) is 53.2 Å². The van der Waals surface area contributed by atoms with E-state index < -0.39 is 17.8 Å². The van der Waals surface area contributed by atoms with E-state index in [9.17, 15) is 9.90 Å². The summed E-state index contributed by atoms with van der Waals surface area (Å²) in [5, 5.41) is 17.0. The number of carbonyl (C=O) groups is 1. The third-order valence-electron chi connectivity index (χ3n) is 8.11. The van der Waals surface area contributed by atoms with Crippen LogP contribution in [-0.4, -0.2) is 30.5 Å². The topological polar surface area (TPSA) is 77.0 Å². The molecule has 5 aromatic rings. The highest BCUT2D eigenvalue weighted by atomic mass is 32.1. The van der Waals surface area contributed by atoms with E-state index in [0.29, 0.717) is 25.3 Å². The summed E-state index contributed by atoms with van der Waals surface area (Å²) in [6.45, 7) is 0.965. The molecule has 1 aliphatic rings. The molecule has 0 fully saturated rings. The Morgan fingerprint density at radius 2 is 1.39 bits per heavy atom. The normalized spacial score (nSPS) is 16.3. The number of benzene rings is 4. The van der Waals surface area contributed by atoms with E-state index >= 15 is 0 Å². The predicted octanol–water partition coefficient (Wildman–Crippen LogP) is 8.61. The van der Waals surface area contributed by atoms with Gasteiger partial charge in [-0.15, -0.1) is 0 Å². The van der Waals surface area contributed by atoms with Crippen LogP contribution in [0, 0.1) is 0 Å². The average Bonchev–Trinajstić information content (AvgIpc) is 3.66. The molecule has 6 nitrogen and oxygen atoms in total. The fraction of sp³-hybridized carbons (Fsp3) is 0.205. The summed E-state index contributed by atoms with van der Waals surface area (Å²) < 4.78 is 19.1. The predicted molar refractivity (Wildman–Crippen MR) is 182 cm³/mol. The smallest absolute Gasteiger partial charge is 0.290 e. The van der Waals surface area contributed by atoms with Gasteiger partial charge < -0.3 is 24.6 Å². The molecule has 1 aromatic heterocycles. The molecule has 234 valence electrons. The van der Waals surface area contributed by atoms with Crippen LogP contribution >= 0.6 is 11.3 Å². The molecule has 1 aliphatic heterocycles. The van der Waals surface area contributed by atoms with Crippen LogP contribution in [-0.2, 0) is 24.6 Å². The first-order chi connectivity index (χ1) is 22.6. The first-order valence-electron chi connectivity index (χ1n) is 15.6. The number of unbranched alkanes of at least 4 members (excludes halogenated alkanes) is 1. The van der Waals surface area contributed by atoms with Gasteiger partial charge in [-0.3, -0.25) is 4.79 Å². The Labute approximate surface area is 273 Å². The van der Waals surface area contributed by atoms with Crippen molar-refractivity contribution >= 4 is 22.9 Å². The number of anilines is 1. The van der Waals surface area contributed by atoms with Crippen LogP contribution in [0.5, 0.6) is 5.75 Å². The van der Waals surface area contributed by atoms with E-state index in [-0.39, 0.29) is 17.4 Å². The Morgan fingerprint density at radius 3 is 1.98 bits per heavy atom. The van der Waals surface area contributed by atoms with Crippen LogP contribution in [0.1, 0.15) is 47.4 Å². The molecule has 0 saturated carbocycles. The number of hydrogen-bond donors (Lipinski definition) is 2. The molecule has 6 rings (SSSR count). The second-order valence-electron chi connectivity index (χ2n) is 11.2. The van der Waals surface area contributed by atoms with Gasteiger partial charge in [0.05, 0.1) is 12.3 Å². The van der Waals surface area contributed by atoms with Gasteiger partial charge in [0.15, 0.2) is 5.76 Å². The van der Waals surface area contributed by atoms with Crippen LogP contribution in [0.2, 0.25) is 0 Å². The van der Waals surface area contributed by atoms with E-state index in [1.807, 2.05) is 66.1 Å². The second kappa shape index (κ2) is 15.1. The van der Waals surface area contributed by atoms with Gasteiger partial charge in [0, 0.05) is 18.9 Å². The van der Waals surface area contributed by atoms with Crippen molar-refractivity contribution in [3.05, 3.63) is 166 Å². The molecule has 0 radical (unpaired) electrons. The van der Waals surface area contributed by atoms with Gasteiger partial charge in [-0.25, -0.2) is 0 Å². The average molecular weight is 632 g/mol.